The van der Waals surface area contributed by atoms with Gasteiger partial charge in [0.1, 0.15) is 5.82 Å². The van der Waals surface area contributed by atoms with Crippen LogP contribution in [0.1, 0.15) is 32.4 Å². The van der Waals surface area contributed by atoms with Crippen molar-refractivity contribution in [3.05, 3.63) is 23.9 Å². The topological polar surface area (TPSA) is 37.0 Å². The lowest BCUT2D eigenvalue weighted by Crippen LogP contribution is -2.35. The van der Waals surface area contributed by atoms with Crippen LogP contribution in [0.2, 0.25) is 0 Å². The second-order valence-corrected chi connectivity index (χ2v) is 4.36. The van der Waals surface area contributed by atoms with Crippen LogP contribution >= 0.6 is 12.2 Å². The van der Waals surface area contributed by atoms with Crippen LogP contribution in [0.3, 0.4) is 0 Å². The van der Waals surface area contributed by atoms with Crippen molar-refractivity contribution in [3.8, 4) is 0 Å². The number of hydrogen-bond acceptors (Lipinski definition) is 2. The monoisotopic (exact) mass is 237 g/mol. The van der Waals surface area contributed by atoms with Crippen molar-refractivity contribution in [2.24, 2.45) is 0 Å². The van der Waals surface area contributed by atoms with Crippen LogP contribution in [-0.2, 0) is 0 Å². The number of aryl methyl sites for hydroxylation is 1. The molecule has 1 atom stereocenters. The van der Waals surface area contributed by atoms with Crippen molar-refractivity contribution in [1.29, 1.82) is 0 Å². The number of hydrogen-bond donors (Lipinski definition) is 2. The molecule has 3 nitrogen and oxygen atoms in total. The summed E-state index contributed by atoms with van der Waals surface area (Å²) in [5.74, 6) is 0.793. The van der Waals surface area contributed by atoms with Crippen molar-refractivity contribution in [1.82, 2.24) is 10.3 Å². The van der Waals surface area contributed by atoms with Crippen LogP contribution in [-0.4, -0.2) is 16.1 Å². The molecule has 2 N–H and O–H groups in total. The molecule has 0 aliphatic carbocycles. The van der Waals surface area contributed by atoms with Crippen molar-refractivity contribution in [3.63, 3.8) is 0 Å². The molecule has 0 aromatic carbocycles. The number of thiocarbonyl (C=S) groups is 1. The minimum absolute atomic E-state index is 0.398. The molecular formula is C12H19N3S. The van der Waals surface area contributed by atoms with Crippen LogP contribution in [0.25, 0.3) is 0 Å². The summed E-state index contributed by atoms with van der Waals surface area (Å²) < 4.78 is 0. The van der Waals surface area contributed by atoms with E-state index in [2.05, 4.69) is 29.5 Å². The summed E-state index contributed by atoms with van der Waals surface area (Å²) in [7, 11) is 0. The number of pyridine rings is 1. The minimum Gasteiger partial charge on any atom is -0.360 e. The fourth-order valence-corrected chi connectivity index (χ4v) is 1.80. The summed E-state index contributed by atoms with van der Waals surface area (Å²) in [6.07, 6.45) is 2.27. The highest BCUT2D eigenvalue weighted by Crippen LogP contribution is 2.04. The smallest absolute Gasteiger partial charge is 0.172 e. The van der Waals surface area contributed by atoms with E-state index in [9.17, 15) is 0 Å². The van der Waals surface area contributed by atoms with Gasteiger partial charge in [-0.25, -0.2) is 4.98 Å². The van der Waals surface area contributed by atoms with Gasteiger partial charge in [-0.15, -0.1) is 0 Å². The predicted molar refractivity (Wildman–Crippen MR) is 72.7 cm³/mol. The van der Waals surface area contributed by atoms with Gasteiger partial charge >= 0.3 is 0 Å². The summed E-state index contributed by atoms with van der Waals surface area (Å²) >= 11 is 5.21. The Labute approximate surface area is 103 Å². The molecule has 1 heterocycles. The fourth-order valence-electron chi connectivity index (χ4n) is 1.49. The van der Waals surface area contributed by atoms with E-state index in [0.29, 0.717) is 11.2 Å². The molecule has 0 saturated carbocycles. The standard InChI is InChI=1S/C12H19N3S/c1-4-6-9(2)14-12(16)15-11-8-5-7-10(3)13-11/h5,7-9H,4,6H2,1-3H3,(H2,13,14,15,16). The fraction of sp³-hybridized carbons (Fsp3) is 0.500. The quantitative estimate of drug-likeness (QED) is 0.790. The van der Waals surface area contributed by atoms with Crippen molar-refractivity contribution in [2.45, 2.75) is 39.7 Å². The highest BCUT2D eigenvalue weighted by molar-refractivity contribution is 7.80. The van der Waals surface area contributed by atoms with Crippen LogP contribution in [0.5, 0.6) is 0 Å². The molecule has 0 spiro atoms. The summed E-state index contributed by atoms with van der Waals surface area (Å²) in [5.41, 5.74) is 0.981. The van der Waals surface area contributed by atoms with Gasteiger partial charge < -0.3 is 10.6 Å². The molecule has 0 fully saturated rings. The summed E-state index contributed by atoms with van der Waals surface area (Å²) in [4.78, 5) is 4.33. The van der Waals surface area contributed by atoms with E-state index < -0.39 is 0 Å². The summed E-state index contributed by atoms with van der Waals surface area (Å²) in [6.45, 7) is 6.25. The highest BCUT2D eigenvalue weighted by atomic mass is 32.1. The van der Waals surface area contributed by atoms with E-state index in [-0.39, 0.29) is 0 Å². The van der Waals surface area contributed by atoms with Crippen LogP contribution in [0.15, 0.2) is 18.2 Å². The van der Waals surface area contributed by atoms with E-state index in [0.717, 1.165) is 24.4 Å². The average Bonchev–Trinajstić information content (AvgIpc) is 2.17. The third-order valence-corrected chi connectivity index (χ3v) is 2.45. The molecule has 1 aromatic heterocycles. The second-order valence-electron chi connectivity index (χ2n) is 3.95. The van der Waals surface area contributed by atoms with Gasteiger partial charge in [0.25, 0.3) is 0 Å². The maximum Gasteiger partial charge on any atom is 0.172 e. The molecule has 88 valence electrons. The highest BCUT2D eigenvalue weighted by Gasteiger charge is 2.03. The zero-order chi connectivity index (χ0) is 12.0. The molecule has 0 radical (unpaired) electrons. The zero-order valence-corrected chi connectivity index (χ0v) is 10.9. The maximum atomic E-state index is 5.21. The first-order valence-electron chi connectivity index (χ1n) is 5.63. The first kappa shape index (κ1) is 12.9. The van der Waals surface area contributed by atoms with Crippen molar-refractivity contribution < 1.29 is 0 Å². The largest absolute Gasteiger partial charge is 0.360 e. The Bertz CT molecular complexity index is 352. The first-order chi connectivity index (χ1) is 7.61. The van der Waals surface area contributed by atoms with Crippen molar-refractivity contribution in [2.75, 3.05) is 5.32 Å². The molecular weight excluding hydrogens is 218 g/mol. The molecule has 1 aromatic rings. The zero-order valence-electron chi connectivity index (χ0n) is 10.1. The van der Waals surface area contributed by atoms with E-state index in [1.54, 1.807) is 0 Å². The molecule has 0 saturated heterocycles. The SMILES string of the molecule is CCCC(C)NC(=S)Nc1cccc(C)n1. The first-order valence-corrected chi connectivity index (χ1v) is 6.03. The Morgan fingerprint density at radius 3 is 2.88 bits per heavy atom. The van der Waals surface area contributed by atoms with Crippen LogP contribution < -0.4 is 10.6 Å². The maximum absolute atomic E-state index is 5.21. The number of anilines is 1. The number of rotatable bonds is 4. The van der Waals surface area contributed by atoms with E-state index in [1.165, 1.54) is 0 Å². The van der Waals surface area contributed by atoms with Crippen LogP contribution in [0, 0.1) is 6.92 Å². The molecule has 0 aliphatic rings. The number of nitrogens with one attached hydrogen (secondary N) is 2. The third-order valence-electron chi connectivity index (χ3n) is 2.23. The van der Waals surface area contributed by atoms with Gasteiger partial charge in [-0.1, -0.05) is 19.4 Å². The third kappa shape index (κ3) is 4.57. The van der Waals surface area contributed by atoms with Crippen molar-refractivity contribution >= 4 is 23.1 Å². The Morgan fingerprint density at radius 2 is 2.25 bits per heavy atom. The lowest BCUT2D eigenvalue weighted by Gasteiger charge is -2.15. The Kier molecular flexibility index (Phi) is 5.19. The Hall–Kier alpha value is -1.16. The molecule has 1 rings (SSSR count). The second kappa shape index (κ2) is 6.43. The Balaban J connectivity index is 2.45. The van der Waals surface area contributed by atoms with Crippen LogP contribution in [0.4, 0.5) is 5.82 Å². The van der Waals surface area contributed by atoms with Gasteiger partial charge in [0.15, 0.2) is 5.11 Å². The van der Waals surface area contributed by atoms with E-state index >= 15 is 0 Å². The Morgan fingerprint density at radius 1 is 1.50 bits per heavy atom. The molecule has 0 amide bonds. The summed E-state index contributed by atoms with van der Waals surface area (Å²) in [6, 6.07) is 6.23. The number of nitrogens with zero attached hydrogens (tertiary/aromatic N) is 1. The molecule has 16 heavy (non-hydrogen) atoms. The van der Waals surface area contributed by atoms with Gasteiger partial charge in [0, 0.05) is 11.7 Å². The minimum atomic E-state index is 0.398. The number of aromatic nitrogens is 1. The van der Waals surface area contributed by atoms with Gasteiger partial charge in [-0.3, -0.25) is 0 Å². The van der Waals surface area contributed by atoms with Gasteiger partial charge in [0.05, 0.1) is 0 Å². The van der Waals surface area contributed by atoms with Gasteiger partial charge in [-0.05, 0) is 44.6 Å². The molecule has 4 heteroatoms. The predicted octanol–water partition coefficient (Wildman–Crippen LogP) is 2.87. The van der Waals surface area contributed by atoms with E-state index in [4.69, 9.17) is 12.2 Å². The van der Waals surface area contributed by atoms with Gasteiger partial charge in [-0.2, -0.15) is 0 Å². The normalized spacial score (nSPS) is 11.9. The average molecular weight is 237 g/mol. The van der Waals surface area contributed by atoms with Gasteiger partial charge in [0.2, 0.25) is 0 Å². The molecule has 0 aliphatic heterocycles. The lowest BCUT2D eigenvalue weighted by molar-refractivity contribution is 0.599. The van der Waals surface area contributed by atoms with E-state index in [1.807, 2.05) is 25.1 Å². The summed E-state index contributed by atoms with van der Waals surface area (Å²) in [5, 5.41) is 6.95. The lowest BCUT2D eigenvalue weighted by atomic mass is 10.2. The molecule has 0 bridgehead atoms. The molecule has 1 unspecified atom stereocenters.